The fourth-order valence-corrected chi connectivity index (χ4v) is 3.24. The molecule has 4 rings (SSSR count). The molecule has 0 aliphatic carbocycles. The van der Waals surface area contributed by atoms with Gasteiger partial charge in [0.05, 0.1) is 12.8 Å². The molecule has 10 heteroatoms. The maximum atomic E-state index is 12.6. The number of para-hydroxylation sites is 2. The lowest BCUT2D eigenvalue weighted by molar-refractivity contribution is -0.136. The van der Waals surface area contributed by atoms with Crippen LogP contribution in [0.5, 0.6) is 5.75 Å². The minimum absolute atomic E-state index is 0.0956. The number of methoxy groups -OCH3 is 1. The summed E-state index contributed by atoms with van der Waals surface area (Å²) in [5, 5.41) is 18.7. The van der Waals surface area contributed by atoms with E-state index in [9.17, 15) is 14.4 Å². The van der Waals surface area contributed by atoms with Crippen LogP contribution in [-0.4, -0.2) is 47.3 Å². The summed E-state index contributed by atoms with van der Waals surface area (Å²) in [6.45, 7) is -1.17. The van der Waals surface area contributed by atoms with Crippen LogP contribution < -0.4 is 15.3 Å². The number of rotatable bonds is 7. The summed E-state index contributed by atoms with van der Waals surface area (Å²) in [5.41, 5.74) is 0.787. The SMILES string of the molecule is COc1cc2cc(-c3nc4ccccc4o3)c(=O)oc2cc1N(CC(=O)O)CC(=O)O. The summed E-state index contributed by atoms with van der Waals surface area (Å²) in [4.78, 5) is 40.4. The van der Waals surface area contributed by atoms with Crippen LogP contribution in [0.4, 0.5) is 5.69 Å². The number of hydrogen-bond donors (Lipinski definition) is 2. The summed E-state index contributed by atoms with van der Waals surface area (Å²) in [6, 6.07) is 11.5. The second-order valence-corrected chi connectivity index (χ2v) is 6.64. The van der Waals surface area contributed by atoms with Crippen molar-refractivity contribution in [3.63, 3.8) is 0 Å². The van der Waals surface area contributed by atoms with Gasteiger partial charge in [0.15, 0.2) is 5.58 Å². The Morgan fingerprint density at radius 2 is 1.74 bits per heavy atom. The van der Waals surface area contributed by atoms with Crippen molar-refractivity contribution < 1.29 is 33.4 Å². The van der Waals surface area contributed by atoms with E-state index in [1.165, 1.54) is 25.3 Å². The molecule has 158 valence electrons. The van der Waals surface area contributed by atoms with E-state index in [1.54, 1.807) is 24.3 Å². The van der Waals surface area contributed by atoms with Crippen molar-refractivity contribution >= 4 is 39.7 Å². The number of carboxylic acid groups (broad SMARTS) is 2. The highest BCUT2D eigenvalue weighted by Crippen LogP contribution is 2.34. The average molecular weight is 424 g/mol. The number of hydrogen-bond acceptors (Lipinski definition) is 8. The summed E-state index contributed by atoms with van der Waals surface area (Å²) in [6.07, 6.45) is 0. The Bertz CT molecular complexity index is 1320. The number of oxazole rings is 1. The van der Waals surface area contributed by atoms with Crippen LogP contribution in [0.15, 0.2) is 56.1 Å². The first-order valence-corrected chi connectivity index (χ1v) is 9.06. The van der Waals surface area contributed by atoms with Crippen molar-refractivity contribution in [1.29, 1.82) is 0 Å². The van der Waals surface area contributed by atoms with Gasteiger partial charge in [-0.3, -0.25) is 9.59 Å². The van der Waals surface area contributed by atoms with Gasteiger partial charge in [0.2, 0.25) is 5.89 Å². The normalized spacial score (nSPS) is 11.0. The van der Waals surface area contributed by atoms with Gasteiger partial charge in [-0.2, -0.15) is 0 Å². The number of ether oxygens (including phenoxy) is 1. The standard InChI is InChI=1S/C21H16N2O8/c1-29-17-7-11-6-12(20-22-13-4-2-3-5-15(13)30-20)21(28)31-16(11)8-14(17)23(9-18(24)25)10-19(26)27/h2-8H,9-10H2,1H3,(H,24,25)(H,26,27). The molecule has 0 saturated heterocycles. The van der Waals surface area contributed by atoms with Gasteiger partial charge in [0.1, 0.15) is 35.5 Å². The molecule has 10 nitrogen and oxygen atoms in total. The first kappa shape index (κ1) is 20.0. The first-order valence-electron chi connectivity index (χ1n) is 9.06. The van der Waals surface area contributed by atoms with Crippen LogP contribution >= 0.6 is 0 Å². The third kappa shape index (κ3) is 3.90. The predicted molar refractivity (Wildman–Crippen MR) is 110 cm³/mol. The number of carboxylic acids is 2. The van der Waals surface area contributed by atoms with Crippen LogP contribution in [0.2, 0.25) is 0 Å². The van der Waals surface area contributed by atoms with Crippen LogP contribution in [0.3, 0.4) is 0 Å². The summed E-state index contributed by atoms with van der Waals surface area (Å²) >= 11 is 0. The second-order valence-electron chi connectivity index (χ2n) is 6.64. The smallest absolute Gasteiger partial charge is 0.349 e. The molecular weight excluding hydrogens is 408 g/mol. The van der Waals surface area contributed by atoms with Crippen molar-refractivity contribution in [1.82, 2.24) is 4.98 Å². The number of carbonyl (C=O) groups is 2. The van der Waals surface area contributed by atoms with Crippen molar-refractivity contribution in [3.8, 4) is 17.2 Å². The quantitative estimate of drug-likeness (QED) is 0.425. The highest BCUT2D eigenvalue weighted by molar-refractivity contribution is 5.89. The van der Waals surface area contributed by atoms with E-state index in [4.69, 9.17) is 23.8 Å². The minimum atomic E-state index is -1.23. The molecule has 4 aromatic rings. The Morgan fingerprint density at radius 1 is 1.03 bits per heavy atom. The molecule has 31 heavy (non-hydrogen) atoms. The van der Waals surface area contributed by atoms with E-state index in [2.05, 4.69) is 4.98 Å². The lowest BCUT2D eigenvalue weighted by Gasteiger charge is -2.23. The lowest BCUT2D eigenvalue weighted by Crippen LogP contribution is -2.34. The topological polar surface area (TPSA) is 143 Å². The molecule has 0 aliphatic rings. The largest absolute Gasteiger partial charge is 0.495 e. The Hall–Kier alpha value is -4.34. The molecule has 0 aliphatic heterocycles. The molecule has 0 bridgehead atoms. The van der Waals surface area contributed by atoms with E-state index in [0.717, 1.165) is 4.90 Å². The van der Waals surface area contributed by atoms with Crippen molar-refractivity contribution in [2.45, 2.75) is 0 Å². The molecule has 2 aromatic heterocycles. The third-order valence-corrected chi connectivity index (χ3v) is 4.55. The maximum Gasteiger partial charge on any atom is 0.349 e. The van der Waals surface area contributed by atoms with Gasteiger partial charge in [0, 0.05) is 11.5 Å². The van der Waals surface area contributed by atoms with E-state index in [-0.39, 0.29) is 28.5 Å². The lowest BCUT2D eigenvalue weighted by atomic mass is 10.1. The van der Waals surface area contributed by atoms with Gasteiger partial charge in [-0.05, 0) is 24.3 Å². The fraction of sp³-hybridized carbons (Fsp3) is 0.143. The zero-order valence-corrected chi connectivity index (χ0v) is 16.2. The summed E-state index contributed by atoms with van der Waals surface area (Å²) < 4.78 is 16.4. The van der Waals surface area contributed by atoms with E-state index >= 15 is 0 Å². The van der Waals surface area contributed by atoms with Gasteiger partial charge in [-0.1, -0.05) is 12.1 Å². The summed E-state index contributed by atoms with van der Waals surface area (Å²) in [7, 11) is 1.37. The second kappa shape index (κ2) is 7.82. The molecule has 0 spiro atoms. The maximum absolute atomic E-state index is 12.6. The fourth-order valence-electron chi connectivity index (χ4n) is 3.24. The highest BCUT2D eigenvalue weighted by Gasteiger charge is 2.21. The zero-order chi connectivity index (χ0) is 22.1. The van der Waals surface area contributed by atoms with Crippen LogP contribution in [-0.2, 0) is 9.59 Å². The molecule has 2 N–H and O–H groups in total. The number of aliphatic carboxylic acids is 2. The van der Waals surface area contributed by atoms with Gasteiger partial charge in [-0.15, -0.1) is 0 Å². The average Bonchev–Trinajstić information content (AvgIpc) is 3.15. The van der Waals surface area contributed by atoms with Crippen LogP contribution in [0.25, 0.3) is 33.5 Å². The molecule has 0 atom stereocenters. The Balaban J connectivity index is 1.85. The predicted octanol–water partition coefficient (Wildman–Crippen LogP) is 2.59. The molecule has 0 radical (unpaired) electrons. The number of benzene rings is 2. The van der Waals surface area contributed by atoms with Crippen molar-refractivity contribution in [2.24, 2.45) is 0 Å². The molecule has 0 fully saturated rings. The summed E-state index contributed by atoms with van der Waals surface area (Å²) in [5.74, 6) is -2.14. The van der Waals surface area contributed by atoms with Gasteiger partial charge < -0.3 is 28.7 Å². The molecule has 2 heterocycles. The first-order chi connectivity index (χ1) is 14.9. The van der Waals surface area contributed by atoms with Crippen LogP contribution in [0, 0.1) is 0 Å². The van der Waals surface area contributed by atoms with Gasteiger partial charge in [-0.25, -0.2) is 9.78 Å². The molecule has 2 aromatic carbocycles. The Labute approximate surface area is 173 Å². The molecule has 0 saturated carbocycles. The van der Waals surface area contributed by atoms with E-state index < -0.39 is 30.7 Å². The number of fused-ring (bicyclic) bond motifs is 2. The highest BCUT2D eigenvalue weighted by atomic mass is 16.5. The molecular formula is C21H16N2O8. The number of nitrogens with zero attached hydrogens (tertiary/aromatic N) is 2. The molecule has 0 amide bonds. The monoisotopic (exact) mass is 424 g/mol. The van der Waals surface area contributed by atoms with Crippen molar-refractivity contribution in [2.75, 3.05) is 25.1 Å². The Kier molecular flexibility index (Phi) is 5.04. The van der Waals surface area contributed by atoms with Gasteiger partial charge >= 0.3 is 17.6 Å². The van der Waals surface area contributed by atoms with E-state index in [0.29, 0.717) is 16.5 Å². The third-order valence-electron chi connectivity index (χ3n) is 4.55. The molecule has 0 unspecified atom stereocenters. The minimum Gasteiger partial charge on any atom is -0.495 e. The zero-order valence-electron chi connectivity index (χ0n) is 16.2. The number of aromatic nitrogens is 1. The Morgan fingerprint density at radius 3 is 2.39 bits per heavy atom. The van der Waals surface area contributed by atoms with Crippen LogP contribution in [0.1, 0.15) is 0 Å². The number of anilines is 1. The van der Waals surface area contributed by atoms with Gasteiger partial charge in [0.25, 0.3) is 0 Å². The van der Waals surface area contributed by atoms with Crippen molar-refractivity contribution in [3.05, 3.63) is 52.9 Å². The van der Waals surface area contributed by atoms with E-state index in [1.807, 2.05) is 0 Å².